The molecule has 7 nitrogen and oxygen atoms in total. The number of carbonyl (C=O) groups excluding carboxylic acids is 1. The zero-order valence-electron chi connectivity index (χ0n) is 22.2. The van der Waals surface area contributed by atoms with Crippen LogP contribution in [-0.4, -0.2) is 50.5 Å². The van der Waals surface area contributed by atoms with E-state index in [1.54, 1.807) is 18.2 Å². The number of nitriles is 1. The molecule has 0 spiro atoms. The molecule has 0 saturated carbocycles. The number of piperidine rings is 1. The molecule has 0 aliphatic carbocycles. The van der Waals surface area contributed by atoms with Crippen LogP contribution in [0.2, 0.25) is 0 Å². The van der Waals surface area contributed by atoms with Crippen LogP contribution < -0.4 is 10.6 Å². The molecule has 1 heterocycles. The Labute approximate surface area is 227 Å². The summed E-state index contributed by atoms with van der Waals surface area (Å²) < 4.78 is 64.4. The second-order valence-corrected chi connectivity index (χ2v) is 11.7. The molecule has 2 aromatic rings. The molecule has 210 valence electrons. The molecule has 0 bridgehead atoms. The summed E-state index contributed by atoms with van der Waals surface area (Å²) in [5.41, 5.74) is 3.36. The predicted octanol–water partition coefficient (Wildman–Crippen LogP) is 5.32. The van der Waals surface area contributed by atoms with Gasteiger partial charge < -0.3 is 10.6 Å². The smallest absolute Gasteiger partial charge is 0.388 e. The zero-order valence-corrected chi connectivity index (χ0v) is 23.0. The van der Waals surface area contributed by atoms with Gasteiger partial charge in [-0.15, -0.1) is 0 Å². The molecule has 0 radical (unpaired) electrons. The number of sulfonamides is 1. The molecule has 1 aliphatic rings. The Morgan fingerprint density at radius 1 is 1.13 bits per heavy atom. The Hall–Kier alpha value is -3.36. The lowest BCUT2D eigenvalue weighted by Gasteiger charge is -2.36. The third kappa shape index (κ3) is 8.07. The Kier molecular flexibility index (Phi) is 9.46. The van der Waals surface area contributed by atoms with Gasteiger partial charge in [0.2, 0.25) is 10.0 Å². The Balaban J connectivity index is 1.61. The standard InChI is InChI=1S/C28H33F3N4O3S/c1-20-17-24(33-3)18-21(2)25(20)10-16-39(37,38)35-14-12-27(19-32,13-15-35)34-26(36)23-8-6-22(7-9-23)5-4-11-28(29,30)31/h6-10,16-18,33H,4-5,11-15H2,1-3H3,(H,34,36). The van der Waals surface area contributed by atoms with E-state index in [-0.39, 0.29) is 44.3 Å². The number of hydrogen-bond acceptors (Lipinski definition) is 5. The molecule has 39 heavy (non-hydrogen) atoms. The first-order valence-electron chi connectivity index (χ1n) is 12.6. The highest BCUT2D eigenvalue weighted by Crippen LogP contribution is 2.27. The number of hydrogen-bond donors (Lipinski definition) is 2. The Morgan fingerprint density at radius 3 is 2.23 bits per heavy atom. The first-order chi connectivity index (χ1) is 18.3. The van der Waals surface area contributed by atoms with Crippen LogP contribution in [0.4, 0.5) is 18.9 Å². The Bertz CT molecular complexity index is 1330. The Morgan fingerprint density at radius 2 is 1.72 bits per heavy atom. The highest BCUT2D eigenvalue weighted by atomic mass is 32.2. The number of halogens is 3. The minimum atomic E-state index is -4.20. The van der Waals surface area contributed by atoms with Crippen molar-refractivity contribution in [3.63, 3.8) is 0 Å². The van der Waals surface area contributed by atoms with Crippen LogP contribution in [0.5, 0.6) is 0 Å². The van der Waals surface area contributed by atoms with Crippen molar-refractivity contribution < 1.29 is 26.4 Å². The van der Waals surface area contributed by atoms with Crippen LogP contribution >= 0.6 is 0 Å². The number of carbonyl (C=O) groups is 1. The highest BCUT2D eigenvalue weighted by Gasteiger charge is 2.39. The van der Waals surface area contributed by atoms with Crippen molar-refractivity contribution in [2.45, 2.75) is 57.7 Å². The van der Waals surface area contributed by atoms with Crippen molar-refractivity contribution in [1.29, 1.82) is 5.26 Å². The number of rotatable bonds is 9. The molecular formula is C28H33F3N4O3S. The average molecular weight is 563 g/mol. The van der Waals surface area contributed by atoms with Crippen LogP contribution in [0, 0.1) is 25.2 Å². The number of nitrogens with zero attached hydrogens (tertiary/aromatic N) is 2. The third-order valence-electron chi connectivity index (χ3n) is 6.93. The molecule has 1 amide bonds. The number of benzene rings is 2. The molecular weight excluding hydrogens is 529 g/mol. The van der Waals surface area contributed by atoms with Gasteiger partial charge in [0.15, 0.2) is 0 Å². The predicted molar refractivity (Wildman–Crippen MR) is 145 cm³/mol. The van der Waals surface area contributed by atoms with E-state index in [1.807, 2.05) is 33.0 Å². The van der Waals surface area contributed by atoms with Crippen molar-refractivity contribution in [1.82, 2.24) is 9.62 Å². The van der Waals surface area contributed by atoms with E-state index in [4.69, 9.17) is 0 Å². The maximum Gasteiger partial charge on any atom is 0.389 e. The van der Waals surface area contributed by atoms with Gasteiger partial charge in [-0.1, -0.05) is 12.1 Å². The maximum atomic E-state index is 13.0. The van der Waals surface area contributed by atoms with Crippen molar-refractivity contribution in [2.75, 3.05) is 25.5 Å². The number of anilines is 1. The van der Waals surface area contributed by atoms with E-state index in [9.17, 15) is 31.6 Å². The van der Waals surface area contributed by atoms with E-state index >= 15 is 0 Å². The third-order valence-corrected chi connectivity index (χ3v) is 8.50. The average Bonchev–Trinajstić information content (AvgIpc) is 2.88. The summed E-state index contributed by atoms with van der Waals surface area (Å²) in [7, 11) is -1.93. The number of aryl methyl sites for hydroxylation is 3. The number of alkyl halides is 3. The van der Waals surface area contributed by atoms with Gasteiger partial charge in [-0.3, -0.25) is 4.79 Å². The van der Waals surface area contributed by atoms with Gasteiger partial charge in [0.25, 0.3) is 5.91 Å². The van der Waals surface area contributed by atoms with Crippen LogP contribution in [0.1, 0.15) is 58.3 Å². The number of nitrogens with one attached hydrogen (secondary N) is 2. The molecule has 2 N–H and O–H groups in total. The van der Waals surface area contributed by atoms with Gasteiger partial charge in [0.05, 0.1) is 6.07 Å². The normalized spacial score (nSPS) is 16.1. The van der Waals surface area contributed by atoms with Gasteiger partial charge in [0.1, 0.15) is 5.54 Å². The lowest BCUT2D eigenvalue weighted by atomic mass is 9.89. The van der Waals surface area contributed by atoms with E-state index in [0.717, 1.165) is 22.4 Å². The van der Waals surface area contributed by atoms with Crippen LogP contribution in [0.15, 0.2) is 41.8 Å². The van der Waals surface area contributed by atoms with Gasteiger partial charge in [-0.2, -0.15) is 22.7 Å². The SMILES string of the molecule is CNc1cc(C)c(C=CS(=O)(=O)N2CCC(C#N)(NC(=O)c3ccc(CCCC(F)(F)F)cc3)CC2)c(C)c1. The van der Waals surface area contributed by atoms with E-state index in [0.29, 0.717) is 5.56 Å². The molecule has 3 rings (SSSR count). The summed E-state index contributed by atoms with van der Waals surface area (Å²) in [6, 6.07) is 12.2. The van der Waals surface area contributed by atoms with Gasteiger partial charge in [-0.05, 0) is 92.1 Å². The fourth-order valence-electron chi connectivity index (χ4n) is 4.61. The molecule has 1 saturated heterocycles. The van der Waals surface area contributed by atoms with E-state index in [1.165, 1.54) is 21.8 Å². The fourth-order valence-corrected chi connectivity index (χ4v) is 5.79. The minimum Gasteiger partial charge on any atom is -0.388 e. The van der Waals surface area contributed by atoms with E-state index in [2.05, 4.69) is 16.7 Å². The second-order valence-electron chi connectivity index (χ2n) is 9.83. The molecule has 2 aromatic carbocycles. The topological polar surface area (TPSA) is 102 Å². The van der Waals surface area contributed by atoms with Gasteiger partial charge in [-0.25, -0.2) is 8.42 Å². The molecule has 0 atom stereocenters. The summed E-state index contributed by atoms with van der Waals surface area (Å²) in [5, 5.41) is 16.8. The van der Waals surface area contributed by atoms with Crippen molar-refractivity contribution >= 4 is 27.7 Å². The van der Waals surface area contributed by atoms with Crippen molar-refractivity contribution in [3.05, 3.63) is 69.6 Å². The minimum absolute atomic E-state index is 0.0387. The molecule has 1 fully saturated rings. The first kappa shape index (κ1) is 30.2. The lowest BCUT2D eigenvalue weighted by molar-refractivity contribution is -0.135. The van der Waals surface area contributed by atoms with Crippen LogP contribution in [0.3, 0.4) is 0 Å². The monoisotopic (exact) mass is 562 g/mol. The first-order valence-corrected chi connectivity index (χ1v) is 14.1. The van der Waals surface area contributed by atoms with Crippen molar-refractivity contribution in [2.24, 2.45) is 0 Å². The summed E-state index contributed by atoms with van der Waals surface area (Å²) in [6.07, 6.45) is -3.05. The number of amides is 1. The summed E-state index contributed by atoms with van der Waals surface area (Å²) in [6.45, 7) is 3.95. The molecule has 1 aliphatic heterocycles. The zero-order chi connectivity index (χ0) is 28.8. The molecule has 0 unspecified atom stereocenters. The van der Waals surface area contributed by atoms with Gasteiger partial charge in [0, 0.05) is 43.2 Å². The lowest BCUT2D eigenvalue weighted by Crippen LogP contribution is -2.55. The summed E-state index contributed by atoms with van der Waals surface area (Å²) in [4.78, 5) is 12.8. The maximum absolute atomic E-state index is 13.0. The fraction of sp³-hybridized carbons (Fsp3) is 0.429. The summed E-state index contributed by atoms with van der Waals surface area (Å²) in [5.74, 6) is -0.495. The summed E-state index contributed by atoms with van der Waals surface area (Å²) >= 11 is 0. The quantitative estimate of drug-likeness (QED) is 0.431. The van der Waals surface area contributed by atoms with E-state index < -0.39 is 34.1 Å². The molecule has 0 aromatic heterocycles. The van der Waals surface area contributed by atoms with Crippen LogP contribution in [-0.2, 0) is 16.4 Å². The van der Waals surface area contributed by atoms with Gasteiger partial charge >= 0.3 is 6.18 Å². The van der Waals surface area contributed by atoms with Crippen molar-refractivity contribution in [3.8, 4) is 6.07 Å². The van der Waals surface area contributed by atoms with Crippen LogP contribution in [0.25, 0.3) is 6.08 Å². The second kappa shape index (κ2) is 12.2. The highest BCUT2D eigenvalue weighted by molar-refractivity contribution is 7.92. The largest absolute Gasteiger partial charge is 0.389 e. The molecule has 11 heteroatoms.